The van der Waals surface area contributed by atoms with Crippen molar-refractivity contribution in [2.75, 3.05) is 6.61 Å². The van der Waals surface area contributed by atoms with Crippen molar-refractivity contribution >= 4 is 17.9 Å². The number of nitrogens with one attached hydrogen (secondary N) is 2. The summed E-state index contributed by atoms with van der Waals surface area (Å²) in [6.07, 6.45) is 0. The molecular formula is C5H8N2O6. The van der Waals surface area contributed by atoms with Gasteiger partial charge in [-0.05, 0) is 0 Å². The lowest BCUT2D eigenvalue weighted by Gasteiger charge is -2.01. The van der Waals surface area contributed by atoms with Gasteiger partial charge in [0.1, 0.15) is 0 Å². The molecule has 0 aromatic carbocycles. The summed E-state index contributed by atoms with van der Waals surface area (Å²) >= 11 is 0. The minimum atomic E-state index is -1.10. The Morgan fingerprint density at radius 3 is 2.46 bits per heavy atom. The van der Waals surface area contributed by atoms with Crippen molar-refractivity contribution in [1.29, 1.82) is 0 Å². The molecule has 8 nitrogen and oxygen atoms in total. The zero-order valence-corrected chi connectivity index (χ0v) is 6.70. The largest absolute Gasteiger partial charge is 0.345 e. The van der Waals surface area contributed by atoms with Gasteiger partial charge in [-0.1, -0.05) is 0 Å². The summed E-state index contributed by atoms with van der Waals surface area (Å²) in [7, 11) is 0. The SMILES string of the molecule is CC(=O)OOCC(=O)NC(=O)NO. The molecule has 0 aromatic heterocycles. The van der Waals surface area contributed by atoms with E-state index in [-0.39, 0.29) is 0 Å². The molecule has 0 radical (unpaired) electrons. The number of urea groups is 1. The van der Waals surface area contributed by atoms with Gasteiger partial charge in [0.15, 0.2) is 6.61 Å². The Morgan fingerprint density at radius 2 is 2.00 bits per heavy atom. The van der Waals surface area contributed by atoms with Gasteiger partial charge in [-0.25, -0.2) is 15.1 Å². The van der Waals surface area contributed by atoms with Gasteiger partial charge in [-0.2, -0.15) is 4.89 Å². The number of hydrogen-bond donors (Lipinski definition) is 3. The zero-order valence-electron chi connectivity index (χ0n) is 6.70. The van der Waals surface area contributed by atoms with Gasteiger partial charge in [0, 0.05) is 6.92 Å². The van der Waals surface area contributed by atoms with E-state index in [1.165, 1.54) is 0 Å². The van der Waals surface area contributed by atoms with Crippen LogP contribution in [0.15, 0.2) is 0 Å². The molecule has 74 valence electrons. The second-order valence-corrected chi connectivity index (χ2v) is 1.83. The van der Waals surface area contributed by atoms with Crippen LogP contribution >= 0.6 is 0 Å². The summed E-state index contributed by atoms with van der Waals surface area (Å²) in [5.74, 6) is -1.59. The van der Waals surface area contributed by atoms with Crippen LogP contribution in [-0.2, 0) is 19.4 Å². The Kier molecular flexibility index (Phi) is 5.15. The van der Waals surface area contributed by atoms with Crippen molar-refractivity contribution in [3.63, 3.8) is 0 Å². The molecule has 0 rings (SSSR count). The molecule has 0 saturated heterocycles. The van der Waals surface area contributed by atoms with Crippen molar-refractivity contribution in [1.82, 2.24) is 10.8 Å². The molecule has 0 aliphatic rings. The van der Waals surface area contributed by atoms with E-state index in [0.717, 1.165) is 12.4 Å². The summed E-state index contributed by atoms with van der Waals surface area (Å²) in [4.78, 5) is 39.0. The van der Waals surface area contributed by atoms with Crippen LogP contribution in [0.2, 0.25) is 0 Å². The Labute approximate surface area is 72.7 Å². The van der Waals surface area contributed by atoms with Gasteiger partial charge in [-0.15, -0.1) is 0 Å². The second kappa shape index (κ2) is 5.91. The van der Waals surface area contributed by atoms with Gasteiger partial charge < -0.3 is 0 Å². The fourth-order valence-electron chi connectivity index (χ4n) is 0.357. The minimum Gasteiger partial charge on any atom is -0.298 e. The monoisotopic (exact) mass is 192 g/mol. The topological polar surface area (TPSA) is 114 Å². The molecular weight excluding hydrogens is 184 g/mol. The number of rotatable bonds is 3. The van der Waals surface area contributed by atoms with E-state index in [9.17, 15) is 14.4 Å². The molecule has 13 heavy (non-hydrogen) atoms. The minimum absolute atomic E-state index is 0.632. The highest BCUT2D eigenvalue weighted by molar-refractivity contribution is 5.94. The Morgan fingerprint density at radius 1 is 1.38 bits per heavy atom. The first kappa shape index (κ1) is 11.3. The van der Waals surface area contributed by atoms with Crippen LogP contribution in [0.25, 0.3) is 0 Å². The predicted octanol–water partition coefficient (Wildman–Crippen LogP) is -1.30. The number of hydroxylamine groups is 1. The fourth-order valence-corrected chi connectivity index (χ4v) is 0.357. The Bertz CT molecular complexity index is 215. The normalized spacial score (nSPS) is 8.77. The van der Waals surface area contributed by atoms with Crippen LogP contribution in [0, 0.1) is 0 Å². The van der Waals surface area contributed by atoms with E-state index in [0.29, 0.717) is 0 Å². The molecule has 0 atom stereocenters. The number of imide groups is 1. The third-order valence-electron chi connectivity index (χ3n) is 0.721. The van der Waals surface area contributed by atoms with Gasteiger partial charge in [0.05, 0.1) is 0 Å². The van der Waals surface area contributed by atoms with Crippen molar-refractivity contribution < 1.29 is 29.4 Å². The third-order valence-corrected chi connectivity index (χ3v) is 0.721. The molecule has 3 amide bonds. The third kappa shape index (κ3) is 6.72. The Balaban J connectivity index is 3.52. The summed E-state index contributed by atoms with van der Waals surface area (Å²) in [6.45, 7) is 0.450. The number of carbonyl (C=O) groups excluding carboxylic acids is 3. The smallest absolute Gasteiger partial charge is 0.298 e. The second-order valence-electron chi connectivity index (χ2n) is 1.83. The van der Waals surface area contributed by atoms with Gasteiger partial charge in [0.25, 0.3) is 5.91 Å². The summed E-state index contributed by atoms with van der Waals surface area (Å²) < 4.78 is 0. The maximum atomic E-state index is 10.6. The van der Waals surface area contributed by atoms with E-state index in [2.05, 4.69) is 9.78 Å². The van der Waals surface area contributed by atoms with Crippen LogP contribution in [0.3, 0.4) is 0 Å². The lowest BCUT2D eigenvalue weighted by molar-refractivity contribution is -0.266. The van der Waals surface area contributed by atoms with Gasteiger partial charge in [0.2, 0.25) is 0 Å². The van der Waals surface area contributed by atoms with E-state index in [1.807, 2.05) is 0 Å². The van der Waals surface area contributed by atoms with Crippen LogP contribution in [0.1, 0.15) is 6.92 Å². The molecule has 0 fully saturated rings. The molecule has 0 heterocycles. The lowest BCUT2D eigenvalue weighted by Crippen LogP contribution is -2.39. The van der Waals surface area contributed by atoms with Crippen molar-refractivity contribution in [2.24, 2.45) is 0 Å². The summed E-state index contributed by atoms with van der Waals surface area (Å²) in [5, 5.41) is 9.60. The molecule has 0 bridgehead atoms. The molecule has 0 aliphatic heterocycles. The van der Waals surface area contributed by atoms with Crippen LogP contribution in [-0.4, -0.2) is 29.7 Å². The molecule has 0 spiro atoms. The molecule has 0 unspecified atom stereocenters. The predicted molar refractivity (Wildman–Crippen MR) is 36.2 cm³/mol. The summed E-state index contributed by atoms with van der Waals surface area (Å²) in [5.41, 5.74) is 1.16. The van der Waals surface area contributed by atoms with Crippen LogP contribution in [0.5, 0.6) is 0 Å². The molecule has 0 saturated carbocycles. The first-order chi connectivity index (χ1) is 6.06. The standard InChI is InChI=1S/C5H8N2O6/c1-3(8)13-12-2-4(9)6-5(10)7-11/h11H,2H2,1H3,(H2,6,7,9,10). The van der Waals surface area contributed by atoms with E-state index in [4.69, 9.17) is 5.21 Å². The van der Waals surface area contributed by atoms with E-state index >= 15 is 0 Å². The maximum Gasteiger partial charge on any atom is 0.345 e. The van der Waals surface area contributed by atoms with E-state index in [1.54, 1.807) is 5.32 Å². The van der Waals surface area contributed by atoms with E-state index < -0.39 is 24.5 Å². The van der Waals surface area contributed by atoms with Crippen molar-refractivity contribution in [3.8, 4) is 0 Å². The average Bonchev–Trinajstić information content (AvgIpc) is 2.03. The van der Waals surface area contributed by atoms with Crippen LogP contribution < -0.4 is 10.8 Å². The number of amides is 3. The first-order valence-corrected chi connectivity index (χ1v) is 3.10. The number of hydrogen-bond acceptors (Lipinski definition) is 6. The lowest BCUT2D eigenvalue weighted by atomic mass is 10.6. The first-order valence-electron chi connectivity index (χ1n) is 3.10. The highest BCUT2D eigenvalue weighted by Gasteiger charge is 2.07. The Hall–Kier alpha value is -1.67. The zero-order chi connectivity index (χ0) is 10.3. The van der Waals surface area contributed by atoms with Crippen molar-refractivity contribution in [3.05, 3.63) is 0 Å². The maximum absolute atomic E-state index is 10.6. The molecule has 0 aromatic rings. The van der Waals surface area contributed by atoms with Crippen molar-refractivity contribution in [2.45, 2.75) is 6.92 Å². The molecule has 8 heteroatoms. The van der Waals surface area contributed by atoms with Gasteiger partial charge in [-0.3, -0.25) is 20.2 Å². The summed E-state index contributed by atoms with van der Waals surface area (Å²) in [6, 6.07) is -1.10. The quantitative estimate of drug-likeness (QED) is 0.291. The molecule has 3 N–H and O–H groups in total. The highest BCUT2D eigenvalue weighted by atomic mass is 17.2. The fraction of sp³-hybridized carbons (Fsp3) is 0.400. The molecule has 0 aliphatic carbocycles. The number of carbonyl (C=O) groups is 3. The average molecular weight is 192 g/mol. The van der Waals surface area contributed by atoms with Gasteiger partial charge >= 0.3 is 12.0 Å². The highest BCUT2D eigenvalue weighted by Crippen LogP contribution is 1.79. The van der Waals surface area contributed by atoms with Crippen LogP contribution in [0.4, 0.5) is 4.79 Å².